The normalized spacial score (nSPS) is 17.2. The highest BCUT2D eigenvalue weighted by Gasteiger charge is 2.37. The van der Waals surface area contributed by atoms with Gasteiger partial charge in [0.05, 0.1) is 16.2 Å². The van der Waals surface area contributed by atoms with Gasteiger partial charge in [0, 0.05) is 23.0 Å². The van der Waals surface area contributed by atoms with E-state index in [4.69, 9.17) is 9.97 Å². The van der Waals surface area contributed by atoms with Crippen molar-refractivity contribution in [1.82, 2.24) is 15.3 Å². The zero-order valence-corrected chi connectivity index (χ0v) is 15.2. The smallest absolute Gasteiger partial charge is 0.113 e. The lowest BCUT2D eigenvalue weighted by Crippen LogP contribution is -2.39. The van der Waals surface area contributed by atoms with Crippen LogP contribution >= 0.6 is 22.7 Å². The topological polar surface area (TPSA) is 37.8 Å². The Kier molecular flexibility index (Phi) is 5.26. The number of nitrogens with zero attached hydrogens (tertiary/aromatic N) is 2. The van der Waals surface area contributed by atoms with Crippen molar-refractivity contribution >= 4 is 22.7 Å². The van der Waals surface area contributed by atoms with E-state index >= 15 is 0 Å². The summed E-state index contributed by atoms with van der Waals surface area (Å²) in [6.45, 7) is 5.18. The lowest BCUT2D eigenvalue weighted by Gasteiger charge is -2.28. The molecule has 0 aromatic carbocycles. The van der Waals surface area contributed by atoms with Crippen LogP contribution in [-0.2, 0) is 18.5 Å². The standard InChI is InChI=1S/C17H25N3S2/c1-3-4-7-15-20-14(12-21-15)10-18-17(8-5-6-9-17)16-19-13(2)11-22-16/h11-12,18H,3-10H2,1-2H3. The largest absolute Gasteiger partial charge is 0.300 e. The van der Waals surface area contributed by atoms with Crippen LogP contribution in [-0.4, -0.2) is 9.97 Å². The maximum Gasteiger partial charge on any atom is 0.113 e. The Morgan fingerprint density at radius 3 is 2.68 bits per heavy atom. The molecule has 1 N–H and O–H groups in total. The Morgan fingerprint density at radius 2 is 2.00 bits per heavy atom. The van der Waals surface area contributed by atoms with E-state index < -0.39 is 0 Å². The third kappa shape index (κ3) is 3.58. The second kappa shape index (κ2) is 7.20. The van der Waals surface area contributed by atoms with E-state index in [1.165, 1.54) is 54.2 Å². The minimum Gasteiger partial charge on any atom is -0.300 e. The molecule has 120 valence electrons. The highest BCUT2D eigenvalue weighted by molar-refractivity contribution is 7.10. The molecule has 1 aliphatic rings. The van der Waals surface area contributed by atoms with Crippen LogP contribution in [0, 0.1) is 6.92 Å². The van der Waals surface area contributed by atoms with Crippen LogP contribution in [0.15, 0.2) is 10.8 Å². The van der Waals surface area contributed by atoms with Gasteiger partial charge in [0.15, 0.2) is 0 Å². The number of hydrogen-bond donors (Lipinski definition) is 1. The van der Waals surface area contributed by atoms with Crippen LogP contribution in [0.2, 0.25) is 0 Å². The van der Waals surface area contributed by atoms with Crippen molar-refractivity contribution in [3.63, 3.8) is 0 Å². The molecule has 1 aliphatic carbocycles. The fourth-order valence-electron chi connectivity index (χ4n) is 3.15. The summed E-state index contributed by atoms with van der Waals surface area (Å²) in [5.41, 5.74) is 2.42. The fourth-order valence-corrected chi connectivity index (χ4v) is 5.03. The summed E-state index contributed by atoms with van der Waals surface area (Å²) in [7, 11) is 0. The fraction of sp³-hybridized carbons (Fsp3) is 0.647. The molecule has 1 fully saturated rings. The third-order valence-corrected chi connectivity index (χ3v) is 6.56. The monoisotopic (exact) mass is 335 g/mol. The van der Waals surface area contributed by atoms with Crippen molar-refractivity contribution in [2.24, 2.45) is 0 Å². The molecule has 22 heavy (non-hydrogen) atoms. The van der Waals surface area contributed by atoms with Crippen LogP contribution < -0.4 is 5.32 Å². The van der Waals surface area contributed by atoms with Crippen molar-refractivity contribution in [3.05, 3.63) is 32.2 Å². The molecule has 0 amide bonds. The van der Waals surface area contributed by atoms with Crippen LogP contribution in [0.4, 0.5) is 0 Å². The first-order valence-corrected chi connectivity index (χ1v) is 10.1. The van der Waals surface area contributed by atoms with E-state index in [2.05, 4.69) is 29.9 Å². The van der Waals surface area contributed by atoms with E-state index in [1.54, 1.807) is 22.7 Å². The number of aromatic nitrogens is 2. The summed E-state index contributed by atoms with van der Waals surface area (Å²) in [5.74, 6) is 0. The Bertz CT molecular complexity index is 597. The van der Waals surface area contributed by atoms with Gasteiger partial charge < -0.3 is 0 Å². The molecule has 0 atom stereocenters. The molecule has 0 radical (unpaired) electrons. The van der Waals surface area contributed by atoms with E-state index in [-0.39, 0.29) is 5.54 Å². The molecule has 1 saturated carbocycles. The molecule has 0 bridgehead atoms. The molecule has 0 spiro atoms. The van der Waals surface area contributed by atoms with Gasteiger partial charge in [-0.05, 0) is 32.6 Å². The first kappa shape index (κ1) is 16.1. The minimum absolute atomic E-state index is 0.0894. The minimum atomic E-state index is 0.0894. The summed E-state index contributed by atoms with van der Waals surface area (Å²) < 4.78 is 0. The summed E-state index contributed by atoms with van der Waals surface area (Å²) >= 11 is 3.61. The van der Waals surface area contributed by atoms with Gasteiger partial charge in [0.25, 0.3) is 0 Å². The molecule has 0 unspecified atom stereocenters. The molecule has 5 heteroatoms. The predicted octanol–water partition coefficient (Wildman–Crippen LogP) is 4.81. The zero-order valence-electron chi connectivity index (χ0n) is 13.5. The van der Waals surface area contributed by atoms with Crippen LogP contribution in [0.25, 0.3) is 0 Å². The first-order chi connectivity index (χ1) is 10.7. The van der Waals surface area contributed by atoms with Crippen LogP contribution in [0.3, 0.4) is 0 Å². The third-order valence-electron chi connectivity index (χ3n) is 4.44. The molecule has 2 aromatic rings. The molecular weight excluding hydrogens is 310 g/mol. The van der Waals surface area contributed by atoms with Crippen molar-refractivity contribution in [2.45, 2.75) is 70.9 Å². The van der Waals surface area contributed by atoms with Gasteiger partial charge in [0.2, 0.25) is 0 Å². The van der Waals surface area contributed by atoms with E-state index in [9.17, 15) is 0 Å². The number of rotatable bonds is 7. The van der Waals surface area contributed by atoms with E-state index in [1.807, 2.05) is 0 Å². The van der Waals surface area contributed by atoms with Gasteiger partial charge in [-0.1, -0.05) is 26.2 Å². The summed E-state index contributed by atoms with van der Waals surface area (Å²) in [4.78, 5) is 9.54. The van der Waals surface area contributed by atoms with Crippen molar-refractivity contribution < 1.29 is 0 Å². The van der Waals surface area contributed by atoms with Crippen molar-refractivity contribution in [1.29, 1.82) is 0 Å². The highest BCUT2D eigenvalue weighted by Crippen LogP contribution is 2.40. The second-order valence-corrected chi connectivity index (χ2v) is 8.07. The van der Waals surface area contributed by atoms with Gasteiger partial charge in [-0.25, -0.2) is 9.97 Å². The summed E-state index contributed by atoms with van der Waals surface area (Å²) in [5, 5.41) is 10.7. The van der Waals surface area contributed by atoms with E-state index in [0.717, 1.165) is 18.7 Å². The number of nitrogens with one attached hydrogen (secondary N) is 1. The maximum atomic E-state index is 4.78. The van der Waals surface area contributed by atoms with Crippen LogP contribution in [0.5, 0.6) is 0 Å². The quantitative estimate of drug-likeness (QED) is 0.789. The van der Waals surface area contributed by atoms with Gasteiger partial charge in [-0.15, -0.1) is 22.7 Å². The maximum absolute atomic E-state index is 4.78. The zero-order chi connectivity index (χ0) is 15.4. The summed E-state index contributed by atoms with van der Waals surface area (Å²) in [6, 6.07) is 0. The number of aryl methyl sites for hydroxylation is 2. The molecule has 2 heterocycles. The molecule has 0 aliphatic heterocycles. The average Bonchev–Trinajstić information content (AvgIpc) is 3.24. The second-order valence-electron chi connectivity index (χ2n) is 6.27. The molecule has 3 nitrogen and oxygen atoms in total. The van der Waals surface area contributed by atoms with Crippen molar-refractivity contribution in [2.75, 3.05) is 0 Å². The number of thiazole rings is 2. The van der Waals surface area contributed by atoms with E-state index in [0.29, 0.717) is 0 Å². The average molecular weight is 336 g/mol. The van der Waals surface area contributed by atoms with Gasteiger partial charge >= 0.3 is 0 Å². The van der Waals surface area contributed by atoms with Gasteiger partial charge in [0.1, 0.15) is 5.01 Å². The first-order valence-electron chi connectivity index (χ1n) is 8.33. The molecule has 0 saturated heterocycles. The molecule has 2 aromatic heterocycles. The predicted molar refractivity (Wildman–Crippen MR) is 94.6 cm³/mol. The Hall–Kier alpha value is -0.780. The van der Waals surface area contributed by atoms with Crippen molar-refractivity contribution in [3.8, 4) is 0 Å². The lowest BCUT2D eigenvalue weighted by atomic mass is 9.98. The molecular formula is C17H25N3S2. The summed E-state index contributed by atoms with van der Waals surface area (Å²) in [6.07, 6.45) is 8.59. The van der Waals surface area contributed by atoms with Gasteiger partial charge in [-0.2, -0.15) is 0 Å². The Labute approximate surface area is 141 Å². The number of hydrogen-bond acceptors (Lipinski definition) is 5. The Balaban J connectivity index is 1.66. The Morgan fingerprint density at radius 1 is 1.18 bits per heavy atom. The number of unbranched alkanes of at least 4 members (excludes halogenated alkanes) is 1. The SMILES string of the molecule is CCCCc1nc(CNC2(c3nc(C)cs3)CCCC2)cs1. The lowest BCUT2D eigenvalue weighted by molar-refractivity contribution is 0.335. The highest BCUT2D eigenvalue weighted by atomic mass is 32.1. The van der Waals surface area contributed by atoms with Crippen LogP contribution in [0.1, 0.15) is 66.9 Å². The molecule has 3 rings (SSSR count). The van der Waals surface area contributed by atoms with Gasteiger partial charge in [-0.3, -0.25) is 5.32 Å².